The van der Waals surface area contributed by atoms with Crippen molar-refractivity contribution in [1.29, 1.82) is 0 Å². The third-order valence-electron chi connectivity index (χ3n) is 2.87. The predicted molar refractivity (Wildman–Crippen MR) is 75.7 cm³/mol. The molecule has 0 unspecified atom stereocenters. The molecule has 0 spiro atoms. The Morgan fingerprint density at radius 2 is 2.16 bits per heavy atom. The molecule has 0 bridgehead atoms. The SMILES string of the molecule is CN(Cc1cccnc1)c1cc(C(N)=O)ccc1N. The number of anilines is 2. The van der Waals surface area contributed by atoms with E-state index in [2.05, 4.69) is 4.98 Å². The van der Waals surface area contributed by atoms with Crippen LogP contribution >= 0.6 is 0 Å². The summed E-state index contributed by atoms with van der Waals surface area (Å²) in [6, 6.07) is 8.88. The van der Waals surface area contributed by atoms with Gasteiger partial charge in [0.2, 0.25) is 5.91 Å². The van der Waals surface area contributed by atoms with E-state index in [9.17, 15) is 4.79 Å². The van der Waals surface area contributed by atoms with E-state index in [-0.39, 0.29) is 0 Å². The topological polar surface area (TPSA) is 85.2 Å². The van der Waals surface area contributed by atoms with E-state index in [0.29, 0.717) is 17.8 Å². The van der Waals surface area contributed by atoms with Crippen LogP contribution in [-0.4, -0.2) is 17.9 Å². The molecule has 5 nitrogen and oxygen atoms in total. The number of carbonyl (C=O) groups excluding carboxylic acids is 1. The summed E-state index contributed by atoms with van der Waals surface area (Å²) in [5.41, 5.74) is 14.1. The Balaban J connectivity index is 2.25. The fraction of sp³-hybridized carbons (Fsp3) is 0.143. The van der Waals surface area contributed by atoms with Crippen molar-refractivity contribution in [2.24, 2.45) is 5.73 Å². The fourth-order valence-electron chi connectivity index (χ4n) is 1.88. The van der Waals surface area contributed by atoms with E-state index in [0.717, 1.165) is 11.3 Å². The van der Waals surface area contributed by atoms with Gasteiger partial charge < -0.3 is 16.4 Å². The second kappa shape index (κ2) is 5.39. The standard InChI is InChI=1S/C14H16N4O/c1-18(9-10-3-2-6-17-8-10)13-7-11(14(16)19)4-5-12(13)15/h2-8H,9,15H2,1H3,(H2,16,19). The molecule has 0 saturated heterocycles. The average molecular weight is 256 g/mol. The number of hydrogen-bond acceptors (Lipinski definition) is 4. The number of pyridine rings is 1. The monoisotopic (exact) mass is 256 g/mol. The third kappa shape index (κ3) is 3.01. The Bertz CT molecular complexity index is 583. The summed E-state index contributed by atoms with van der Waals surface area (Å²) < 4.78 is 0. The second-order valence-corrected chi connectivity index (χ2v) is 4.36. The summed E-state index contributed by atoms with van der Waals surface area (Å²) in [5.74, 6) is -0.462. The van der Waals surface area contributed by atoms with Crippen molar-refractivity contribution >= 4 is 17.3 Å². The molecule has 0 aliphatic carbocycles. The Labute approximate surface area is 111 Å². The summed E-state index contributed by atoms with van der Waals surface area (Å²) in [6.07, 6.45) is 3.52. The molecule has 0 aliphatic heterocycles. The summed E-state index contributed by atoms with van der Waals surface area (Å²) in [4.78, 5) is 17.2. The highest BCUT2D eigenvalue weighted by Gasteiger charge is 2.09. The third-order valence-corrected chi connectivity index (χ3v) is 2.87. The van der Waals surface area contributed by atoms with E-state index < -0.39 is 5.91 Å². The maximum absolute atomic E-state index is 11.2. The van der Waals surface area contributed by atoms with Crippen molar-refractivity contribution in [1.82, 2.24) is 4.98 Å². The molecule has 0 aliphatic rings. The first kappa shape index (κ1) is 12.9. The zero-order valence-electron chi connectivity index (χ0n) is 10.7. The first-order chi connectivity index (χ1) is 9.08. The predicted octanol–water partition coefficient (Wildman–Crippen LogP) is 1.40. The van der Waals surface area contributed by atoms with Crippen molar-refractivity contribution in [2.75, 3.05) is 17.7 Å². The number of primary amides is 1. The Kier molecular flexibility index (Phi) is 3.66. The highest BCUT2D eigenvalue weighted by Crippen LogP contribution is 2.24. The summed E-state index contributed by atoms with van der Waals surface area (Å²) in [5, 5.41) is 0. The van der Waals surface area contributed by atoms with Gasteiger partial charge in [-0.3, -0.25) is 9.78 Å². The molecule has 0 radical (unpaired) electrons. The Morgan fingerprint density at radius 1 is 1.37 bits per heavy atom. The molecule has 1 amide bonds. The number of nitrogens with zero attached hydrogens (tertiary/aromatic N) is 2. The fourth-order valence-corrected chi connectivity index (χ4v) is 1.88. The van der Waals surface area contributed by atoms with Crippen LogP contribution in [0.3, 0.4) is 0 Å². The van der Waals surface area contributed by atoms with Crippen LogP contribution in [0.2, 0.25) is 0 Å². The van der Waals surface area contributed by atoms with Gasteiger partial charge in [0, 0.05) is 31.5 Å². The highest BCUT2D eigenvalue weighted by atomic mass is 16.1. The molecule has 19 heavy (non-hydrogen) atoms. The summed E-state index contributed by atoms with van der Waals surface area (Å²) in [6.45, 7) is 0.653. The molecule has 0 saturated carbocycles. The maximum Gasteiger partial charge on any atom is 0.248 e. The van der Waals surface area contributed by atoms with Gasteiger partial charge in [-0.05, 0) is 29.8 Å². The molecule has 2 aromatic rings. The van der Waals surface area contributed by atoms with E-state index in [4.69, 9.17) is 11.5 Å². The van der Waals surface area contributed by atoms with Gasteiger partial charge in [0.05, 0.1) is 11.4 Å². The number of nitrogen functional groups attached to an aromatic ring is 1. The Morgan fingerprint density at radius 3 is 2.79 bits per heavy atom. The van der Waals surface area contributed by atoms with E-state index >= 15 is 0 Å². The minimum atomic E-state index is -0.462. The molecule has 0 atom stereocenters. The first-order valence-electron chi connectivity index (χ1n) is 5.87. The second-order valence-electron chi connectivity index (χ2n) is 4.36. The zero-order chi connectivity index (χ0) is 13.8. The lowest BCUT2D eigenvalue weighted by molar-refractivity contribution is 0.100. The number of carbonyl (C=O) groups is 1. The maximum atomic E-state index is 11.2. The number of benzene rings is 1. The lowest BCUT2D eigenvalue weighted by Gasteiger charge is -2.21. The van der Waals surface area contributed by atoms with Gasteiger partial charge in [0.1, 0.15) is 0 Å². The normalized spacial score (nSPS) is 10.2. The summed E-state index contributed by atoms with van der Waals surface area (Å²) in [7, 11) is 1.91. The van der Waals surface area contributed by atoms with Crippen LogP contribution in [0.25, 0.3) is 0 Å². The van der Waals surface area contributed by atoms with Gasteiger partial charge in [0.15, 0.2) is 0 Å². The summed E-state index contributed by atoms with van der Waals surface area (Å²) >= 11 is 0. The number of nitrogens with two attached hydrogens (primary N) is 2. The van der Waals surface area contributed by atoms with E-state index in [1.807, 2.05) is 24.1 Å². The number of amides is 1. The Hall–Kier alpha value is -2.56. The van der Waals surface area contributed by atoms with Gasteiger partial charge in [-0.2, -0.15) is 0 Å². The van der Waals surface area contributed by atoms with Gasteiger partial charge >= 0.3 is 0 Å². The van der Waals surface area contributed by atoms with Gasteiger partial charge in [-0.15, -0.1) is 0 Å². The lowest BCUT2D eigenvalue weighted by atomic mass is 10.1. The zero-order valence-corrected chi connectivity index (χ0v) is 10.7. The van der Waals surface area contributed by atoms with Crippen molar-refractivity contribution in [2.45, 2.75) is 6.54 Å². The molecule has 98 valence electrons. The van der Waals surface area contributed by atoms with Crippen LogP contribution in [0, 0.1) is 0 Å². The average Bonchev–Trinajstić information content (AvgIpc) is 2.40. The lowest BCUT2D eigenvalue weighted by Crippen LogP contribution is -2.19. The minimum absolute atomic E-state index is 0.447. The van der Waals surface area contributed by atoms with Crippen molar-refractivity contribution < 1.29 is 4.79 Å². The van der Waals surface area contributed by atoms with Crippen LogP contribution in [0.1, 0.15) is 15.9 Å². The molecule has 1 aromatic heterocycles. The van der Waals surface area contributed by atoms with Crippen molar-refractivity contribution in [3.63, 3.8) is 0 Å². The molecule has 1 aromatic carbocycles. The van der Waals surface area contributed by atoms with Crippen LogP contribution in [0.5, 0.6) is 0 Å². The smallest absolute Gasteiger partial charge is 0.248 e. The van der Waals surface area contributed by atoms with Crippen LogP contribution in [-0.2, 0) is 6.54 Å². The van der Waals surface area contributed by atoms with Crippen molar-refractivity contribution in [3.8, 4) is 0 Å². The van der Waals surface area contributed by atoms with Crippen LogP contribution in [0.15, 0.2) is 42.7 Å². The molecule has 0 fully saturated rings. The molecule has 2 rings (SSSR count). The van der Waals surface area contributed by atoms with Crippen LogP contribution < -0.4 is 16.4 Å². The minimum Gasteiger partial charge on any atom is -0.397 e. The largest absolute Gasteiger partial charge is 0.397 e. The molecule has 4 N–H and O–H groups in total. The van der Waals surface area contributed by atoms with Gasteiger partial charge in [-0.25, -0.2) is 0 Å². The van der Waals surface area contributed by atoms with Crippen molar-refractivity contribution in [3.05, 3.63) is 53.9 Å². The molecule has 1 heterocycles. The molecular weight excluding hydrogens is 240 g/mol. The van der Waals surface area contributed by atoms with E-state index in [1.165, 1.54) is 0 Å². The quantitative estimate of drug-likeness (QED) is 0.810. The molecular formula is C14H16N4O. The number of rotatable bonds is 4. The first-order valence-corrected chi connectivity index (χ1v) is 5.87. The van der Waals surface area contributed by atoms with Gasteiger partial charge in [0.25, 0.3) is 0 Å². The molecule has 5 heteroatoms. The number of aromatic nitrogens is 1. The van der Waals surface area contributed by atoms with Crippen LogP contribution in [0.4, 0.5) is 11.4 Å². The number of hydrogen-bond donors (Lipinski definition) is 2. The van der Waals surface area contributed by atoms with E-state index in [1.54, 1.807) is 30.6 Å². The van der Waals surface area contributed by atoms with Gasteiger partial charge in [-0.1, -0.05) is 6.07 Å². The highest BCUT2D eigenvalue weighted by molar-refractivity contribution is 5.95.